The van der Waals surface area contributed by atoms with Crippen molar-refractivity contribution < 1.29 is 49.5 Å². The summed E-state index contributed by atoms with van der Waals surface area (Å²) in [5.74, 6) is 0.733. The van der Waals surface area contributed by atoms with Gasteiger partial charge in [0.25, 0.3) is 0 Å². The first-order valence-electron chi connectivity index (χ1n) is 5.85. The van der Waals surface area contributed by atoms with Gasteiger partial charge in [-0.2, -0.15) is 0 Å². The van der Waals surface area contributed by atoms with E-state index in [2.05, 4.69) is 25.2 Å². The second-order valence-corrected chi connectivity index (χ2v) is 5.88. The SMILES string of the molecule is CCC1=[C]([Zr+2])C(C2=CC=CC2)C2=C1CC2.[Cl-].[Cl-]. The topological polar surface area (TPSA) is 0 Å². The molecule has 3 rings (SSSR count). The molecular weight excluding hydrogens is 330 g/mol. The fourth-order valence-corrected chi connectivity index (χ4v) is 4.75. The first-order chi connectivity index (χ1) is 7.33. The second-order valence-electron chi connectivity index (χ2n) is 4.56. The molecule has 0 heterocycles. The Bertz CT molecular complexity index is 441. The van der Waals surface area contributed by atoms with Gasteiger partial charge >= 0.3 is 107 Å². The molecule has 89 valence electrons. The molecule has 0 saturated heterocycles. The third-order valence-electron chi connectivity index (χ3n) is 3.88. The van der Waals surface area contributed by atoms with E-state index in [9.17, 15) is 0 Å². The molecule has 17 heavy (non-hydrogen) atoms. The van der Waals surface area contributed by atoms with Crippen LogP contribution < -0.4 is 24.8 Å². The zero-order valence-corrected chi connectivity index (χ0v) is 13.9. The van der Waals surface area contributed by atoms with Crippen molar-refractivity contribution in [2.24, 2.45) is 5.92 Å². The molecule has 0 saturated carbocycles. The van der Waals surface area contributed by atoms with Gasteiger partial charge in [-0.25, -0.2) is 0 Å². The van der Waals surface area contributed by atoms with Crippen LogP contribution in [0, 0.1) is 5.92 Å². The summed E-state index contributed by atoms with van der Waals surface area (Å²) in [7, 11) is 0. The average Bonchev–Trinajstić information content (AvgIpc) is 2.76. The molecule has 0 aliphatic heterocycles. The summed E-state index contributed by atoms with van der Waals surface area (Å²) in [6.07, 6.45) is 12.0. The Balaban J connectivity index is 0.000000722. The van der Waals surface area contributed by atoms with Gasteiger partial charge in [0.1, 0.15) is 0 Å². The van der Waals surface area contributed by atoms with Crippen molar-refractivity contribution in [3.8, 4) is 0 Å². The van der Waals surface area contributed by atoms with Crippen molar-refractivity contribution in [2.75, 3.05) is 0 Å². The summed E-state index contributed by atoms with van der Waals surface area (Å²) < 4.78 is 1.74. The van der Waals surface area contributed by atoms with Gasteiger partial charge in [-0.05, 0) is 0 Å². The minimum Gasteiger partial charge on any atom is -1.00 e. The van der Waals surface area contributed by atoms with Gasteiger partial charge in [-0.3, -0.25) is 0 Å². The van der Waals surface area contributed by atoms with Gasteiger partial charge in [-0.1, -0.05) is 0 Å². The molecule has 0 aromatic carbocycles. The van der Waals surface area contributed by atoms with Crippen LogP contribution in [0.25, 0.3) is 0 Å². The van der Waals surface area contributed by atoms with Crippen LogP contribution in [0.15, 0.2) is 43.8 Å². The normalized spacial score (nSPS) is 25.1. The fourth-order valence-electron chi connectivity index (χ4n) is 3.06. The Morgan fingerprint density at radius 2 is 2.06 bits per heavy atom. The Kier molecular flexibility index (Phi) is 5.50. The van der Waals surface area contributed by atoms with Crippen LogP contribution in [0.4, 0.5) is 0 Å². The standard InChI is InChI=1S/C14H15.2ClH.Zr/c1-2-10-9-14(11-5-3-4-6-11)13-8-7-12(10)13;;;/h3-5,14H,2,6-8H2,1H3;2*1H;/q;;;+2/p-2. The zero-order chi connectivity index (χ0) is 10.4. The van der Waals surface area contributed by atoms with E-state index in [1.807, 2.05) is 0 Å². The van der Waals surface area contributed by atoms with Gasteiger partial charge in [-0.15, -0.1) is 0 Å². The van der Waals surface area contributed by atoms with Crippen molar-refractivity contribution >= 4 is 0 Å². The summed E-state index contributed by atoms with van der Waals surface area (Å²) in [4.78, 5) is 0. The second kappa shape index (κ2) is 6.04. The van der Waals surface area contributed by atoms with Crippen molar-refractivity contribution in [3.63, 3.8) is 0 Å². The molecule has 1 unspecified atom stereocenters. The maximum Gasteiger partial charge on any atom is -1.00 e. The van der Waals surface area contributed by atoms with Crippen molar-refractivity contribution in [2.45, 2.75) is 32.6 Å². The van der Waals surface area contributed by atoms with E-state index in [1.54, 1.807) is 50.3 Å². The summed E-state index contributed by atoms with van der Waals surface area (Å²) in [5.41, 5.74) is 6.88. The minimum atomic E-state index is 0. The molecule has 0 spiro atoms. The number of halogens is 2. The van der Waals surface area contributed by atoms with E-state index in [-0.39, 0.29) is 24.8 Å². The molecule has 0 radical (unpaired) electrons. The number of hydrogen-bond donors (Lipinski definition) is 0. The quantitative estimate of drug-likeness (QED) is 0.534. The van der Waals surface area contributed by atoms with Gasteiger partial charge < -0.3 is 24.8 Å². The maximum atomic E-state index is 2.34. The molecule has 1 atom stereocenters. The first-order valence-corrected chi connectivity index (χ1v) is 7.08. The van der Waals surface area contributed by atoms with Crippen LogP contribution in [-0.2, 0) is 24.7 Å². The largest absolute Gasteiger partial charge is 1.00 e. The average molecular weight is 345 g/mol. The molecule has 3 aliphatic rings. The molecule has 0 nitrogen and oxygen atoms in total. The van der Waals surface area contributed by atoms with Gasteiger partial charge in [0, 0.05) is 0 Å². The smallest absolute Gasteiger partial charge is 1.00 e. The van der Waals surface area contributed by atoms with Crippen molar-refractivity contribution in [1.82, 2.24) is 0 Å². The molecule has 3 heteroatoms. The molecule has 0 amide bonds. The number of hydrogen-bond acceptors (Lipinski definition) is 0. The van der Waals surface area contributed by atoms with Crippen LogP contribution >= 0.6 is 0 Å². The van der Waals surface area contributed by atoms with Crippen molar-refractivity contribution in [3.05, 3.63) is 43.8 Å². The van der Waals surface area contributed by atoms with Gasteiger partial charge in [0.2, 0.25) is 0 Å². The number of allylic oxidation sites excluding steroid dienone is 8. The van der Waals surface area contributed by atoms with E-state index in [1.165, 1.54) is 25.7 Å². The van der Waals surface area contributed by atoms with E-state index >= 15 is 0 Å². The molecular formula is C14H15Cl2Zr. The molecule has 0 fully saturated rings. The minimum absolute atomic E-state index is 0. The Labute approximate surface area is 131 Å². The van der Waals surface area contributed by atoms with Crippen LogP contribution in [0.2, 0.25) is 0 Å². The third-order valence-corrected chi connectivity index (χ3v) is 5.33. The molecule has 0 aromatic heterocycles. The van der Waals surface area contributed by atoms with Gasteiger partial charge in [0.05, 0.1) is 0 Å². The zero-order valence-electron chi connectivity index (χ0n) is 9.89. The third kappa shape index (κ3) is 2.31. The van der Waals surface area contributed by atoms with Crippen LogP contribution in [-0.4, -0.2) is 0 Å². The van der Waals surface area contributed by atoms with Gasteiger partial charge in [0.15, 0.2) is 0 Å². The van der Waals surface area contributed by atoms with Crippen LogP contribution in [0.3, 0.4) is 0 Å². The number of rotatable bonds is 2. The Morgan fingerprint density at radius 1 is 1.29 bits per heavy atom. The summed E-state index contributed by atoms with van der Waals surface area (Å²) >= 11 is 1.64. The Morgan fingerprint density at radius 3 is 2.47 bits per heavy atom. The molecule has 3 aliphatic carbocycles. The Hall–Kier alpha value is 0.423. The monoisotopic (exact) mass is 343 g/mol. The van der Waals surface area contributed by atoms with Crippen molar-refractivity contribution in [1.29, 1.82) is 0 Å². The van der Waals surface area contributed by atoms with E-state index in [0.717, 1.165) is 5.92 Å². The molecule has 0 aromatic rings. The first kappa shape index (κ1) is 15.5. The summed E-state index contributed by atoms with van der Waals surface area (Å²) in [6, 6.07) is 0. The predicted molar refractivity (Wildman–Crippen MR) is 58.9 cm³/mol. The fraction of sp³-hybridized carbons (Fsp3) is 0.429. The van der Waals surface area contributed by atoms with Crippen LogP contribution in [0.5, 0.6) is 0 Å². The van der Waals surface area contributed by atoms with Crippen LogP contribution in [0.1, 0.15) is 32.6 Å². The predicted octanol–water partition coefficient (Wildman–Crippen LogP) is -2.19. The maximum absolute atomic E-state index is 2.34. The molecule has 0 bridgehead atoms. The molecule has 0 N–H and O–H groups in total. The van der Waals surface area contributed by atoms with E-state index < -0.39 is 0 Å². The summed E-state index contributed by atoms with van der Waals surface area (Å²) in [6.45, 7) is 2.31. The summed E-state index contributed by atoms with van der Waals surface area (Å²) in [5, 5.41) is 0. The van der Waals surface area contributed by atoms with E-state index in [4.69, 9.17) is 0 Å². The van der Waals surface area contributed by atoms with E-state index in [0.29, 0.717) is 0 Å².